The van der Waals surface area contributed by atoms with Crippen molar-refractivity contribution in [3.63, 3.8) is 0 Å². The molecule has 0 saturated carbocycles. The lowest BCUT2D eigenvalue weighted by Gasteiger charge is -2.06. The molecule has 12 N–H and O–H groups in total. The highest BCUT2D eigenvalue weighted by Gasteiger charge is 2.31. The van der Waals surface area contributed by atoms with Crippen LogP contribution in [0.1, 0.15) is 124 Å². The number of nitrogens with zero attached hydrogens (tertiary/aromatic N) is 24. The van der Waals surface area contributed by atoms with Gasteiger partial charge in [0.05, 0.1) is 199 Å². The lowest BCUT2D eigenvalue weighted by atomic mass is 10.2. The van der Waals surface area contributed by atoms with Gasteiger partial charge in [-0.3, -0.25) is 0 Å². The molecule has 28 rings (SSSR count). The van der Waals surface area contributed by atoms with E-state index in [9.17, 15) is 119 Å². The molecule has 12 aromatic carbocycles. The number of fused-ring (bicyclic) bond motifs is 48. The zero-order valence-corrected chi connectivity index (χ0v) is 71.8. The summed E-state index contributed by atoms with van der Waals surface area (Å²) < 4.78 is 20.4. The van der Waals surface area contributed by atoms with E-state index in [-0.39, 0.29) is 66.8 Å². The monoisotopic (exact) mass is 1920 g/mol. The lowest BCUT2D eigenvalue weighted by Crippen LogP contribution is -2.05. The number of hydrogen-bond donors (Lipinski definition) is 12. The van der Waals surface area contributed by atoms with Crippen LogP contribution in [0.15, 0.2) is 218 Å². The Balaban J connectivity index is 0.000000101. The number of carboxylic acids is 12. The first-order chi connectivity index (χ1) is 69.3. The Kier molecular flexibility index (Phi) is 17.3. The molecule has 28 aromatic rings. The van der Waals surface area contributed by atoms with E-state index in [1.54, 1.807) is 126 Å². The molecule has 0 radical (unpaired) electrons. The molecule has 48 heteroatoms. The predicted octanol–water partition coefficient (Wildman–Crippen LogP) is 12.7. The van der Waals surface area contributed by atoms with Crippen LogP contribution in [0.5, 0.6) is 0 Å². The molecule has 696 valence electrons. The van der Waals surface area contributed by atoms with Crippen molar-refractivity contribution in [2.24, 2.45) is 0 Å². The van der Waals surface area contributed by atoms with E-state index < -0.39 is 71.6 Å². The quantitative estimate of drug-likeness (QED) is 0.0540. The lowest BCUT2D eigenvalue weighted by molar-refractivity contribution is 0.0686. The third-order valence-electron chi connectivity index (χ3n) is 25.0. The Labute approximate surface area is 786 Å². The fourth-order valence-electron chi connectivity index (χ4n) is 18.5. The minimum absolute atomic E-state index is 0.0514. The van der Waals surface area contributed by atoms with Crippen LogP contribution in [0.25, 0.3) is 202 Å². The highest BCUT2D eigenvalue weighted by molar-refractivity contribution is 6.07. The van der Waals surface area contributed by atoms with Gasteiger partial charge in [0.15, 0.2) is 0 Å². The molecule has 0 unspecified atom stereocenters. The van der Waals surface area contributed by atoms with Crippen molar-refractivity contribution in [1.29, 1.82) is 0 Å². The Hall–Kier alpha value is -22.1. The van der Waals surface area contributed by atoms with Gasteiger partial charge in [0.1, 0.15) is 0 Å². The number of rotatable bonds is 12. The van der Waals surface area contributed by atoms with Gasteiger partial charge in [0.25, 0.3) is 0 Å². The SMILES string of the molecule is O=C(O)c1ccc2c(c1)nc1n2c2nc3cc(C(=O)O)ccc3n2c2nc3cc(C(=O)O)ccc3n12.O=C(O)c1ccc2c(c1)nc1n2c2nc3ccc(C(=O)O)cc3n2c2nc3cc(C(=O)O)ccc3n12.O=C(O)c1ccc2c(c1)nc1n2c2nc3ccc(C(=O)O)cc3n2c2nc3ccc(C(=O)O)cc3n12.O=C(O)c1ccc2nc3n(c2c1)c1nc2ccc(C(=O)O)cc2n1c1nc2ccc(C(=O)O)cc2n31. The Morgan fingerprint density at radius 3 is 0.340 bits per heavy atom. The largest absolute Gasteiger partial charge is 0.478 e. The van der Waals surface area contributed by atoms with E-state index in [1.165, 1.54) is 146 Å². The van der Waals surface area contributed by atoms with Crippen molar-refractivity contribution >= 4 is 273 Å². The standard InChI is InChI=1S/4C24H12N6O6/c31-19(32)10-3-6-16-15(7-10)27-24-28(16)22-25-13-4-1-11(20(33)34)8-17(13)29(22)23-26-14-5-2-12(21(35)36)9-18(14)30(23)24;31-19(32)10-2-5-16-14(7-10)26-23-28(16)22-25-13-4-1-12(21(35)36)9-18(13)30(22)24-27-15-8-11(20(33)34)3-6-17(15)29(23)24;31-19(32)10-1-4-16-13(7-10)25-22-28(16)23-26-14-8-11(20(33)34)2-5-17(14)30(23)24-27-15-9-12(21(35)36)3-6-18(15)29(22)24;31-19(32)10-1-4-13-16(7-10)28-22(25-13)29-17-8-11(20(33)34)2-5-14(17)27-24(29)30-18-9-12(21(35)36)3-6-15(18)26-23(28)30/h4*1-9H,(H,31,32)(H,33,34)(H,35,36). The number of benzene rings is 12. The molecular weight excluding hydrogens is 1870 g/mol. The minimum atomic E-state index is -1.11. The number of hydrogen-bond acceptors (Lipinski definition) is 24. The summed E-state index contributed by atoms with van der Waals surface area (Å²) in [5, 5.41) is 114. The second-order valence-corrected chi connectivity index (χ2v) is 33.1. The molecule has 0 aliphatic heterocycles. The smallest absolute Gasteiger partial charge is 0.335 e. The Bertz CT molecular complexity index is 10000. The van der Waals surface area contributed by atoms with Crippen LogP contribution >= 0.6 is 0 Å². The van der Waals surface area contributed by atoms with E-state index >= 15 is 0 Å². The summed E-state index contributed by atoms with van der Waals surface area (Å²) >= 11 is 0. The van der Waals surface area contributed by atoms with E-state index in [0.29, 0.717) is 202 Å². The van der Waals surface area contributed by atoms with Gasteiger partial charge in [-0.2, -0.15) is 0 Å². The van der Waals surface area contributed by atoms with Gasteiger partial charge in [0, 0.05) is 0 Å². The van der Waals surface area contributed by atoms with Gasteiger partial charge in [-0.15, -0.1) is 0 Å². The predicted molar refractivity (Wildman–Crippen MR) is 504 cm³/mol. The first kappa shape index (κ1) is 83.7. The average Bonchev–Trinajstić information content (AvgIpc) is 1.55. The molecular formula is C96H48N24O24. The van der Waals surface area contributed by atoms with Crippen molar-refractivity contribution in [1.82, 2.24) is 113 Å². The molecule has 16 heterocycles. The third kappa shape index (κ3) is 12.1. The fraction of sp³-hybridized carbons (Fsp3) is 0. The van der Waals surface area contributed by atoms with Crippen LogP contribution in [0, 0.1) is 0 Å². The average molecular weight is 1920 g/mol. The third-order valence-corrected chi connectivity index (χ3v) is 25.0. The van der Waals surface area contributed by atoms with Crippen LogP contribution in [-0.2, 0) is 0 Å². The molecule has 48 nitrogen and oxygen atoms in total. The number of carboxylic acid groups (broad SMARTS) is 12. The van der Waals surface area contributed by atoms with Gasteiger partial charge < -0.3 is 61.3 Å². The van der Waals surface area contributed by atoms with E-state index in [1.807, 2.05) is 0 Å². The van der Waals surface area contributed by atoms with Gasteiger partial charge in [-0.1, -0.05) is 0 Å². The molecule has 0 saturated heterocycles. The summed E-state index contributed by atoms with van der Waals surface area (Å²) in [5.74, 6) is -8.85. The number of aromatic carboxylic acids is 12. The summed E-state index contributed by atoms with van der Waals surface area (Å²) in [4.78, 5) is 196. The van der Waals surface area contributed by atoms with E-state index in [0.717, 1.165) is 0 Å². The summed E-state index contributed by atoms with van der Waals surface area (Å²) in [6.45, 7) is 0. The Morgan fingerprint density at radius 1 is 0.125 bits per heavy atom. The molecule has 0 aliphatic carbocycles. The highest BCUT2D eigenvalue weighted by Crippen LogP contribution is 2.38. The number of aromatic nitrogens is 24. The van der Waals surface area contributed by atoms with Crippen molar-refractivity contribution in [2.45, 2.75) is 0 Å². The molecule has 0 bridgehead atoms. The minimum Gasteiger partial charge on any atom is -0.478 e. The molecule has 144 heavy (non-hydrogen) atoms. The van der Waals surface area contributed by atoms with Gasteiger partial charge >= 0.3 is 71.6 Å². The second kappa shape index (κ2) is 29.7. The Morgan fingerprint density at radius 2 is 0.222 bits per heavy atom. The maximum absolute atomic E-state index is 11.7. The molecule has 0 atom stereocenters. The zero-order valence-electron chi connectivity index (χ0n) is 71.8. The van der Waals surface area contributed by atoms with E-state index in [4.69, 9.17) is 49.8 Å². The number of carbonyl (C=O) groups is 12. The van der Waals surface area contributed by atoms with Crippen LogP contribution in [-0.4, -0.2) is 246 Å². The first-order valence-corrected chi connectivity index (χ1v) is 42.4. The van der Waals surface area contributed by atoms with Crippen LogP contribution < -0.4 is 0 Å². The second-order valence-electron chi connectivity index (χ2n) is 33.1. The maximum atomic E-state index is 11.7. The van der Waals surface area contributed by atoms with Gasteiger partial charge in [0.2, 0.25) is 69.3 Å². The van der Waals surface area contributed by atoms with Crippen molar-refractivity contribution < 1.29 is 119 Å². The van der Waals surface area contributed by atoms with Gasteiger partial charge in [-0.25, -0.2) is 170 Å². The van der Waals surface area contributed by atoms with E-state index in [2.05, 4.69) is 9.97 Å². The topological polar surface area (TPSA) is 655 Å². The van der Waals surface area contributed by atoms with Crippen LogP contribution in [0.4, 0.5) is 0 Å². The molecule has 0 spiro atoms. The van der Waals surface area contributed by atoms with Crippen molar-refractivity contribution in [3.8, 4) is 0 Å². The van der Waals surface area contributed by atoms with Crippen molar-refractivity contribution in [3.05, 3.63) is 285 Å². The summed E-state index contributed by atoms with van der Waals surface area (Å²) in [5.41, 5.74) is 12.4. The van der Waals surface area contributed by atoms with Crippen LogP contribution in [0.2, 0.25) is 0 Å². The first-order valence-electron chi connectivity index (χ1n) is 42.4. The van der Waals surface area contributed by atoms with Crippen LogP contribution in [0.3, 0.4) is 0 Å². The van der Waals surface area contributed by atoms with Gasteiger partial charge in [-0.05, 0) is 218 Å². The maximum Gasteiger partial charge on any atom is 0.335 e. The zero-order chi connectivity index (χ0) is 99.5. The summed E-state index contributed by atoms with van der Waals surface area (Å²) in [6, 6.07) is 54.4. The molecule has 16 aromatic heterocycles. The molecule has 0 fully saturated rings. The normalized spacial score (nSPS) is 12.0. The fourth-order valence-corrected chi connectivity index (χ4v) is 18.5. The highest BCUT2D eigenvalue weighted by atomic mass is 16.4. The summed E-state index contributed by atoms with van der Waals surface area (Å²) in [6.07, 6.45) is 0. The summed E-state index contributed by atoms with van der Waals surface area (Å²) in [7, 11) is 0. The number of imidazole rings is 12. The molecule has 0 aliphatic rings. The molecule has 0 amide bonds. The van der Waals surface area contributed by atoms with Crippen molar-refractivity contribution in [2.75, 3.05) is 0 Å².